The monoisotopic (exact) mass is 214 g/mol. The van der Waals surface area contributed by atoms with Gasteiger partial charge in [-0.1, -0.05) is 0 Å². The molecule has 0 unspecified atom stereocenters. The smallest absolute Gasteiger partial charge is 0.224 e. The number of aryl methyl sites for hydroxylation is 1. The molecule has 2 aromatic heterocycles. The molecule has 2 rings (SSSR count). The van der Waals surface area contributed by atoms with E-state index in [1.807, 2.05) is 13.0 Å². The summed E-state index contributed by atoms with van der Waals surface area (Å²) in [6, 6.07) is 3.63. The Morgan fingerprint density at radius 2 is 2.38 bits per heavy atom. The van der Waals surface area contributed by atoms with Gasteiger partial charge in [0.1, 0.15) is 11.8 Å². The minimum Gasteiger partial charge on any atom is -0.350 e. The number of hydrogen-bond acceptors (Lipinski definition) is 5. The van der Waals surface area contributed by atoms with Crippen molar-refractivity contribution in [2.24, 2.45) is 0 Å². The van der Waals surface area contributed by atoms with Crippen molar-refractivity contribution in [2.75, 3.05) is 5.32 Å². The van der Waals surface area contributed by atoms with E-state index in [1.54, 1.807) is 18.5 Å². The molecule has 0 fully saturated rings. The van der Waals surface area contributed by atoms with Crippen molar-refractivity contribution in [1.29, 1.82) is 5.26 Å². The van der Waals surface area contributed by atoms with E-state index in [0.29, 0.717) is 18.2 Å². The summed E-state index contributed by atoms with van der Waals surface area (Å²) in [7, 11) is 0. The summed E-state index contributed by atoms with van der Waals surface area (Å²) in [5, 5.41) is 18.3. The fourth-order valence-corrected chi connectivity index (χ4v) is 1.26. The standard InChI is InChI=1S/C10H10N6/c1-7-2-9(3-11)16-10(15-7)12-4-8-5-13-14-6-8/h2,5-6H,4H2,1H3,(H,13,14)(H,12,15,16). The van der Waals surface area contributed by atoms with Crippen LogP contribution in [0, 0.1) is 18.3 Å². The van der Waals surface area contributed by atoms with Crippen molar-refractivity contribution >= 4 is 5.95 Å². The lowest BCUT2D eigenvalue weighted by Gasteiger charge is -2.03. The van der Waals surface area contributed by atoms with E-state index in [2.05, 4.69) is 25.5 Å². The van der Waals surface area contributed by atoms with Gasteiger partial charge in [0.05, 0.1) is 6.20 Å². The predicted octanol–water partition coefficient (Wildman–Crippen LogP) is 0.992. The van der Waals surface area contributed by atoms with Gasteiger partial charge in [0, 0.05) is 24.0 Å². The van der Waals surface area contributed by atoms with Crippen LogP contribution in [-0.4, -0.2) is 20.2 Å². The Hall–Kier alpha value is -2.42. The molecule has 2 heterocycles. The molecule has 0 saturated carbocycles. The number of nitrogens with zero attached hydrogens (tertiary/aromatic N) is 4. The molecule has 16 heavy (non-hydrogen) atoms. The molecule has 2 aromatic rings. The van der Waals surface area contributed by atoms with Crippen molar-refractivity contribution in [3.63, 3.8) is 0 Å². The Labute approximate surface area is 92.4 Å². The largest absolute Gasteiger partial charge is 0.350 e. The zero-order valence-electron chi connectivity index (χ0n) is 8.73. The van der Waals surface area contributed by atoms with Crippen molar-refractivity contribution in [2.45, 2.75) is 13.5 Å². The van der Waals surface area contributed by atoms with Crippen LogP contribution in [0.1, 0.15) is 17.0 Å². The third kappa shape index (κ3) is 2.33. The van der Waals surface area contributed by atoms with E-state index >= 15 is 0 Å². The average molecular weight is 214 g/mol. The summed E-state index contributed by atoms with van der Waals surface area (Å²) in [5.41, 5.74) is 2.13. The zero-order chi connectivity index (χ0) is 11.4. The first-order valence-electron chi connectivity index (χ1n) is 4.75. The molecule has 0 aliphatic carbocycles. The summed E-state index contributed by atoms with van der Waals surface area (Å²) in [5.74, 6) is 0.456. The molecule has 0 aliphatic heterocycles. The molecule has 0 bridgehead atoms. The SMILES string of the molecule is Cc1cc(C#N)nc(NCc2cn[nH]c2)n1. The predicted molar refractivity (Wildman–Crippen MR) is 57.4 cm³/mol. The highest BCUT2D eigenvalue weighted by Crippen LogP contribution is 2.05. The van der Waals surface area contributed by atoms with Crippen LogP contribution in [-0.2, 0) is 6.54 Å². The molecule has 0 aromatic carbocycles. The van der Waals surface area contributed by atoms with Crippen LogP contribution in [0.2, 0.25) is 0 Å². The normalized spacial score (nSPS) is 9.75. The van der Waals surface area contributed by atoms with Crippen molar-refractivity contribution in [3.8, 4) is 6.07 Å². The molecule has 80 valence electrons. The highest BCUT2D eigenvalue weighted by atomic mass is 15.1. The Morgan fingerprint density at radius 3 is 3.06 bits per heavy atom. The minimum absolute atomic E-state index is 0.363. The highest BCUT2D eigenvalue weighted by molar-refractivity contribution is 5.33. The quantitative estimate of drug-likeness (QED) is 0.795. The Balaban J connectivity index is 2.10. The Kier molecular flexibility index (Phi) is 2.78. The average Bonchev–Trinajstić information content (AvgIpc) is 2.78. The third-order valence-electron chi connectivity index (χ3n) is 1.97. The summed E-state index contributed by atoms with van der Waals surface area (Å²) in [6.07, 6.45) is 3.50. The maximum atomic E-state index is 8.76. The van der Waals surface area contributed by atoms with Gasteiger partial charge in [0.2, 0.25) is 5.95 Å². The molecule has 0 aliphatic rings. The van der Waals surface area contributed by atoms with Gasteiger partial charge < -0.3 is 5.32 Å². The van der Waals surface area contributed by atoms with E-state index in [4.69, 9.17) is 5.26 Å². The number of rotatable bonds is 3. The minimum atomic E-state index is 0.363. The van der Waals surface area contributed by atoms with Gasteiger partial charge in [-0.2, -0.15) is 10.4 Å². The van der Waals surface area contributed by atoms with Crippen molar-refractivity contribution in [1.82, 2.24) is 20.2 Å². The van der Waals surface area contributed by atoms with Gasteiger partial charge in [-0.3, -0.25) is 5.10 Å². The van der Waals surface area contributed by atoms with E-state index in [9.17, 15) is 0 Å². The lowest BCUT2D eigenvalue weighted by atomic mass is 10.3. The second-order valence-corrected chi connectivity index (χ2v) is 3.29. The van der Waals surface area contributed by atoms with Crippen LogP contribution in [0.25, 0.3) is 0 Å². The van der Waals surface area contributed by atoms with E-state index in [0.717, 1.165) is 11.3 Å². The second-order valence-electron chi connectivity index (χ2n) is 3.29. The lowest BCUT2D eigenvalue weighted by molar-refractivity contribution is 1.02. The van der Waals surface area contributed by atoms with Crippen molar-refractivity contribution < 1.29 is 0 Å². The molecule has 0 atom stereocenters. The molecular formula is C10H10N6. The van der Waals surface area contributed by atoms with Crippen LogP contribution in [0.5, 0.6) is 0 Å². The number of nitriles is 1. The van der Waals surface area contributed by atoms with E-state index < -0.39 is 0 Å². The lowest BCUT2D eigenvalue weighted by Crippen LogP contribution is -2.04. The molecule has 6 nitrogen and oxygen atoms in total. The summed E-state index contributed by atoms with van der Waals surface area (Å²) in [6.45, 7) is 2.40. The first kappa shape index (κ1) is 10.1. The molecular weight excluding hydrogens is 204 g/mol. The van der Waals surface area contributed by atoms with Crippen LogP contribution in [0.3, 0.4) is 0 Å². The van der Waals surface area contributed by atoms with Crippen LogP contribution in [0.4, 0.5) is 5.95 Å². The second kappa shape index (κ2) is 4.40. The number of anilines is 1. The topological polar surface area (TPSA) is 90.3 Å². The summed E-state index contributed by atoms with van der Waals surface area (Å²) in [4.78, 5) is 8.21. The molecule has 0 amide bonds. The van der Waals surface area contributed by atoms with Crippen LogP contribution >= 0.6 is 0 Å². The van der Waals surface area contributed by atoms with Gasteiger partial charge >= 0.3 is 0 Å². The maximum Gasteiger partial charge on any atom is 0.224 e. The van der Waals surface area contributed by atoms with Gasteiger partial charge in [-0.15, -0.1) is 0 Å². The number of aromatic nitrogens is 4. The van der Waals surface area contributed by atoms with Gasteiger partial charge in [-0.05, 0) is 13.0 Å². The fraction of sp³-hybridized carbons (Fsp3) is 0.200. The van der Waals surface area contributed by atoms with E-state index in [1.165, 1.54) is 0 Å². The number of H-pyrrole nitrogens is 1. The third-order valence-corrected chi connectivity index (χ3v) is 1.97. The van der Waals surface area contributed by atoms with Gasteiger partial charge in [0.25, 0.3) is 0 Å². The fourth-order valence-electron chi connectivity index (χ4n) is 1.26. The van der Waals surface area contributed by atoms with Gasteiger partial charge in [-0.25, -0.2) is 9.97 Å². The summed E-state index contributed by atoms with van der Waals surface area (Å²) >= 11 is 0. The first-order valence-corrected chi connectivity index (χ1v) is 4.75. The Bertz CT molecular complexity index is 511. The van der Waals surface area contributed by atoms with E-state index in [-0.39, 0.29) is 0 Å². The molecule has 6 heteroatoms. The maximum absolute atomic E-state index is 8.76. The van der Waals surface area contributed by atoms with Crippen molar-refractivity contribution in [3.05, 3.63) is 35.4 Å². The Morgan fingerprint density at radius 1 is 1.50 bits per heavy atom. The molecule has 0 spiro atoms. The number of hydrogen-bond donors (Lipinski definition) is 2. The number of aromatic amines is 1. The first-order chi connectivity index (χ1) is 7.78. The zero-order valence-corrected chi connectivity index (χ0v) is 8.73. The summed E-state index contributed by atoms with van der Waals surface area (Å²) < 4.78 is 0. The molecule has 2 N–H and O–H groups in total. The molecule has 0 radical (unpaired) electrons. The van der Waals surface area contributed by atoms with Gasteiger partial charge in [0.15, 0.2) is 0 Å². The van der Waals surface area contributed by atoms with Crippen LogP contribution < -0.4 is 5.32 Å². The molecule has 0 saturated heterocycles. The highest BCUT2D eigenvalue weighted by Gasteiger charge is 2.01. The number of nitrogens with one attached hydrogen (secondary N) is 2. The van der Waals surface area contributed by atoms with Crippen LogP contribution in [0.15, 0.2) is 18.5 Å².